The Labute approximate surface area is 93.3 Å². The molecule has 1 aliphatic carbocycles. The molecule has 16 heavy (non-hydrogen) atoms. The van der Waals surface area contributed by atoms with E-state index in [1.54, 1.807) is 6.26 Å². The van der Waals surface area contributed by atoms with Gasteiger partial charge < -0.3 is 0 Å². The number of rotatable bonds is 2. The minimum absolute atomic E-state index is 0.447. The lowest BCUT2D eigenvalue weighted by molar-refractivity contribution is -0.141. The predicted molar refractivity (Wildman–Crippen MR) is 54.2 cm³/mol. The molecule has 0 radical (unpaired) electrons. The predicted octanol–water partition coefficient (Wildman–Crippen LogP) is 2.47. The minimum atomic E-state index is -4.42. The molecule has 2 rings (SSSR count). The van der Waals surface area contributed by atoms with Gasteiger partial charge in [-0.15, -0.1) is 0 Å². The van der Waals surface area contributed by atoms with Gasteiger partial charge in [0.1, 0.15) is 5.69 Å². The van der Waals surface area contributed by atoms with E-state index in [-0.39, 0.29) is 0 Å². The highest BCUT2D eigenvalue weighted by Gasteiger charge is 2.48. The van der Waals surface area contributed by atoms with Crippen molar-refractivity contribution < 1.29 is 17.4 Å². The topological polar surface area (TPSA) is 30.0 Å². The third kappa shape index (κ3) is 1.86. The summed E-state index contributed by atoms with van der Waals surface area (Å²) in [5, 5.41) is 0. The Kier molecular flexibility index (Phi) is 2.57. The van der Waals surface area contributed by atoms with Crippen LogP contribution in [0.25, 0.3) is 0 Å². The number of halogens is 3. The molecule has 0 aromatic carbocycles. The number of nitrogens with zero attached hydrogens (tertiary/aromatic N) is 1. The summed E-state index contributed by atoms with van der Waals surface area (Å²) < 4.78 is 47.8. The Bertz CT molecular complexity index is 423. The molecule has 1 aromatic rings. The van der Waals surface area contributed by atoms with Gasteiger partial charge in [-0.3, -0.25) is 9.19 Å². The largest absolute Gasteiger partial charge is 0.433 e. The van der Waals surface area contributed by atoms with Crippen LogP contribution < -0.4 is 0 Å². The summed E-state index contributed by atoms with van der Waals surface area (Å²) in [6.45, 7) is 0. The molecule has 2 nitrogen and oxygen atoms in total. The van der Waals surface area contributed by atoms with Gasteiger partial charge in [-0.25, -0.2) is 0 Å². The lowest BCUT2D eigenvalue weighted by Crippen LogP contribution is -2.15. The van der Waals surface area contributed by atoms with Crippen molar-refractivity contribution >= 4 is 10.8 Å². The molecule has 1 aromatic heterocycles. The van der Waals surface area contributed by atoms with Crippen LogP contribution in [0.4, 0.5) is 13.2 Å². The monoisotopic (exact) mass is 249 g/mol. The maximum atomic E-state index is 12.3. The van der Waals surface area contributed by atoms with Crippen LogP contribution >= 0.6 is 0 Å². The molecular formula is C10H10F3NOS. The molecule has 0 saturated heterocycles. The average molecular weight is 249 g/mol. The summed E-state index contributed by atoms with van der Waals surface area (Å²) in [6, 6.07) is 2.33. The maximum Gasteiger partial charge on any atom is 0.433 e. The number of pyridine rings is 1. The van der Waals surface area contributed by atoms with Crippen LogP contribution in [0.3, 0.4) is 0 Å². The van der Waals surface area contributed by atoms with E-state index in [0.29, 0.717) is 5.56 Å². The zero-order valence-electron chi connectivity index (χ0n) is 8.54. The van der Waals surface area contributed by atoms with E-state index >= 15 is 0 Å². The first-order valence-electron chi connectivity index (χ1n) is 4.73. The molecule has 1 heterocycles. The molecular weight excluding hydrogens is 239 g/mol. The van der Waals surface area contributed by atoms with Crippen LogP contribution in [-0.4, -0.2) is 15.4 Å². The van der Waals surface area contributed by atoms with Gasteiger partial charge in [-0.1, -0.05) is 6.07 Å². The Morgan fingerprint density at radius 2 is 2.00 bits per heavy atom. The highest BCUT2D eigenvalue weighted by molar-refractivity contribution is 7.85. The van der Waals surface area contributed by atoms with Gasteiger partial charge >= 0.3 is 6.18 Å². The summed E-state index contributed by atoms with van der Waals surface area (Å²) >= 11 is 0. The zero-order chi connectivity index (χ0) is 12.0. The molecule has 1 aliphatic rings. The fourth-order valence-corrected chi connectivity index (χ4v) is 2.82. The molecule has 0 aliphatic heterocycles. The third-order valence-electron chi connectivity index (χ3n) is 2.83. The molecule has 6 heteroatoms. The minimum Gasteiger partial charge on any atom is -0.259 e. The first kappa shape index (κ1) is 11.6. The van der Waals surface area contributed by atoms with Gasteiger partial charge in [-0.05, 0) is 24.5 Å². The van der Waals surface area contributed by atoms with E-state index in [2.05, 4.69) is 4.98 Å². The fraction of sp³-hybridized carbons (Fsp3) is 0.500. The smallest absolute Gasteiger partial charge is 0.259 e. The second-order valence-electron chi connectivity index (χ2n) is 3.88. The highest BCUT2D eigenvalue weighted by atomic mass is 32.2. The molecule has 1 fully saturated rings. The van der Waals surface area contributed by atoms with Crippen LogP contribution in [0.15, 0.2) is 18.3 Å². The maximum absolute atomic E-state index is 12.3. The van der Waals surface area contributed by atoms with Gasteiger partial charge in [0.05, 0.1) is 4.75 Å². The Balaban J connectivity index is 2.31. The van der Waals surface area contributed by atoms with Crippen molar-refractivity contribution in [1.29, 1.82) is 0 Å². The van der Waals surface area contributed by atoms with Crippen molar-refractivity contribution in [1.82, 2.24) is 4.98 Å². The van der Waals surface area contributed by atoms with E-state index in [9.17, 15) is 17.4 Å². The second-order valence-corrected chi connectivity index (χ2v) is 5.57. The van der Waals surface area contributed by atoms with Crippen molar-refractivity contribution in [3.63, 3.8) is 0 Å². The normalized spacial score (nSPS) is 20.5. The van der Waals surface area contributed by atoms with Gasteiger partial charge in [-0.2, -0.15) is 13.2 Å². The number of hydrogen-bond acceptors (Lipinski definition) is 2. The quantitative estimate of drug-likeness (QED) is 0.806. The third-order valence-corrected chi connectivity index (χ3v) is 4.58. The SMILES string of the molecule is CS(=O)C1(c2ccc(C(F)(F)F)nc2)CC1. The molecule has 0 spiro atoms. The highest BCUT2D eigenvalue weighted by Crippen LogP contribution is 2.50. The molecule has 1 atom stereocenters. The van der Waals surface area contributed by atoms with Crippen LogP contribution in [-0.2, 0) is 21.7 Å². The molecule has 0 amide bonds. The fourth-order valence-electron chi connectivity index (χ4n) is 1.69. The second kappa shape index (κ2) is 3.55. The summed E-state index contributed by atoms with van der Waals surface area (Å²) in [6.07, 6.45) is -0.144. The first-order valence-corrected chi connectivity index (χ1v) is 6.29. The van der Waals surface area contributed by atoms with Crippen LogP contribution in [0.1, 0.15) is 24.1 Å². The average Bonchev–Trinajstić information content (AvgIpc) is 2.97. The van der Waals surface area contributed by atoms with Gasteiger partial charge in [0.2, 0.25) is 0 Å². The van der Waals surface area contributed by atoms with Crippen LogP contribution in [0.5, 0.6) is 0 Å². The number of aromatic nitrogens is 1. The molecule has 0 bridgehead atoms. The Morgan fingerprint density at radius 1 is 1.38 bits per heavy atom. The summed E-state index contributed by atoms with van der Waals surface area (Å²) in [5.74, 6) is 0. The van der Waals surface area contributed by atoms with E-state index in [1.165, 1.54) is 12.3 Å². The molecule has 1 saturated carbocycles. The van der Waals surface area contributed by atoms with Crippen molar-refractivity contribution in [3.05, 3.63) is 29.6 Å². The summed E-state index contributed by atoms with van der Waals surface area (Å²) in [7, 11) is -1.06. The van der Waals surface area contributed by atoms with E-state index in [1.807, 2.05) is 0 Å². The van der Waals surface area contributed by atoms with E-state index in [4.69, 9.17) is 0 Å². The molecule has 1 unspecified atom stereocenters. The Hall–Kier alpha value is -0.910. The van der Waals surface area contributed by atoms with E-state index < -0.39 is 27.4 Å². The lowest BCUT2D eigenvalue weighted by Gasteiger charge is -2.13. The van der Waals surface area contributed by atoms with Crippen molar-refractivity contribution in [3.8, 4) is 0 Å². The number of alkyl halides is 3. The summed E-state index contributed by atoms with van der Waals surface area (Å²) in [4.78, 5) is 3.38. The van der Waals surface area contributed by atoms with Gasteiger partial charge in [0, 0.05) is 23.3 Å². The van der Waals surface area contributed by atoms with Crippen molar-refractivity contribution in [2.75, 3.05) is 6.26 Å². The zero-order valence-corrected chi connectivity index (χ0v) is 9.36. The van der Waals surface area contributed by atoms with Crippen molar-refractivity contribution in [2.24, 2.45) is 0 Å². The van der Waals surface area contributed by atoms with Gasteiger partial charge in [0.15, 0.2) is 0 Å². The van der Waals surface area contributed by atoms with Gasteiger partial charge in [0.25, 0.3) is 0 Å². The van der Waals surface area contributed by atoms with Crippen LogP contribution in [0.2, 0.25) is 0 Å². The number of hydrogen-bond donors (Lipinski definition) is 0. The molecule has 0 N–H and O–H groups in total. The van der Waals surface area contributed by atoms with E-state index in [0.717, 1.165) is 18.9 Å². The summed E-state index contributed by atoms with van der Waals surface area (Å²) in [5.41, 5.74) is -0.268. The first-order chi connectivity index (χ1) is 7.36. The van der Waals surface area contributed by atoms with Crippen LogP contribution in [0, 0.1) is 0 Å². The molecule has 88 valence electrons. The Morgan fingerprint density at radius 3 is 2.31 bits per heavy atom. The standard InChI is InChI=1S/C10H10F3NOS/c1-16(15)9(4-5-9)7-2-3-8(14-6-7)10(11,12)13/h2-3,6H,4-5H2,1H3. The van der Waals surface area contributed by atoms with Crippen molar-refractivity contribution in [2.45, 2.75) is 23.8 Å². The lowest BCUT2D eigenvalue weighted by atomic mass is 10.1.